The topological polar surface area (TPSA) is 18.5 Å². The van der Waals surface area contributed by atoms with Crippen LogP contribution in [0.5, 0.6) is 0 Å². The Morgan fingerprint density at radius 1 is 1.25 bits per heavy atom. The number of hydrogen-bond donors (Lipinski definition) is 0. The Morgan fingerprint density at radius 3 is 2.40 bits per heavy atom. The molecule has 0 aliphatic rings. The number of ether oxygens (including phenoxy) is 2. The molecule has 0 radical (unpaired) electrons. The summed E-state index contributed by atoms with van der Waals surface area (Å²) in [6.45, 7) is 16.1. The van der Waals surface area contributed by atoms with Crippen LogP contribution in [-0.2, 0) is 9.47 Å². The second-order valence-corrected chi connectivity index (χ2v) is 4.76. The highest BCUT2D eigenvalue weighted by atomic mass is 16.7. The summed E-state index contributed by atoms with van der Waals surface area (Å²) in [5.74, 6) is 0. The predicted molar refractivity (Wildman–Crippen MR) is 84.5 cm³/mol. The van der Waals surface area contributed by atoms with E-state index in [-0.39, 0.29) is 6.10 Å². The van der Waals surface area contributed by atoms with Gasteiger partial charge in [0.1, 0.15) is 0 Å². The van der Waals surface area contributed by atoms with Gasteiger partial charge in [-0.1, -0.05) is 55.1 Å². The van der Waals surface area contributed by atoms with Gasteiger partial charge in [0.05, 0.1) is 6.10 Å². The lowest BCUT2D eigenvalue weighted by Crippen LogP contribution is -2.22. The van der Waals surface area contributed by atoms with Crippen molar-refractivity contribution in [2.45, 2.75) is 32.7 Å². The molecule has 2 nitrogen and oxygen atoms in total. The van der Waals surface area contributed by atoms with E-state index in [9.17, 15) is 0 Å². The first kappa shape index (κ1) is 16.4. The highest BCUT2D eigenvalue weighted by Gasteiger charge is 2.20. The maximum atomic E-state index is 6.09. The summed E-state index contributed by atoms with van der Waals surface area (Å²) in [6, 6.07) is 10.1. The Morgan fingerprint density at radius 2 is 1.90 bits per heavy atom. The zero-order valence-electron chi connectivity index (χ0n) is 12.5. The fourth-order valence-electron chi connectivity index (χ4n) is 1.86. The molecule has 0 bridgehead atoms. The van der Waals surface area contributed by atoms with Crippen molar-refractivity contribution in [3.8, 4) is 0 Å². The van der Waals surface area contributed by atoms with Crippen LogP contribution in [0.3, 0.4) is 0 Å². The zero-order valence-corrected chi connectivity index (χ0v) is 12.5. The van der Waals surface area contributed by atoms with Crippen LogP contribution in [0.1, 0.15) is 31.9 Å². The zero-order chi connectivity index (χ0) is 15.0. The van der Waals surface area contributed by atoms with E-state index in [1.165, 1.54) is 0 Å². The minimum Gasteiger partial charge on any atom is -0.349 e. The summed E-state index contributed by atoms with van der Waals surface area (Å²) in [6.07, 6.45) is 1.85. The molecule has 0 amide bonds. The van der Waals surface area contributed by atoms with E-state index in [1.807, 2.05) is 44.2 Å². The fourth-order valence-corrected chi connectivity index (χ4v) is 1.86. The Labute approximate surface area is 122 Å². The maximum absolute atomic E-state index is 6.09. The van der Waals surface area contributed by atoms with Crippen molar-refractivity contribution in [1.82, 2.24) is 0 Å². The molecule has 2 heteroatoms. The normalized spacial score (nSPS) is 13.5. The summed E-state index contributed by atoms with van der Waals surface area (Å²) >= 11 is 0. The number of rotatable bonds is 9. The fraction of sp³-hybridized carbons (Fsp3) is 0.333. The molecular weight excluding hydrogens is 248 g/mol. The Hall–Kier alpha value is -1.64. The Bertz CT molecular complexity index is 448. The molecule has 1 aromatic carbocycles. The third-order valence-electron chi connectivity index (χ3n) is 2.88. The molecule has 20 heavy (non-hydrogen) atoms. The van der Waals surface area contributed by atoms with Gasteiger partial charge in [0.25, 0.3) is 0 Å². The van der Waals surface area contributed by atoms with Crippen LogP contribution in [0.25, 0.3) is 0 Å². The summed E-state index contributed by atoms with van der Waals surface area (Å²) in [7, 11) is 0. The molecule has 0 aliphatic heterocycles. The van der Waals surface area contributed by atoms with E-state index in [4.69, 9.17) is 9.47 Å². The summed E-state index contributed by atoms with van der Waals surface area (Å²) in [5, 5.41) is 0. The highest BCUT2D eigenvalue weighted by molar-refractivity contribution is 5.20. The molecule has 0 fully saturated rings. The van der Waals surface area contributed by atoms with Crippen molar-refractivity contribution in [2.24, 2.45) is 0 Å². The van der Waals surface area contributed by atoms with Gasteiger partial charge in [-0.3, -0.25) is 0 Å². The van der Waals surface area contributed by atoms with Crippen LogP contribution in [-0.4, -0.2) is 12.9 Å². The molecule has 0 heterocycles. The molecule has 0 unspecified atom stereocenters. The molecule has 0 spiro atoms. The van der Waals surface area contributed by atoms with Crippen LogP contribution in [0.4, 0.5) is 0 Å². The van der Waals surface area contributed by atoms with Gasteiger partial charge in [-0.15, -0.1) is 6.58 Å². The number of benzene rings is 1. The average Bonchev–Trinajstić information content (AvgIpc) is 2.45. The van der Waals surface area contributed by atoms with Crippen LogP contribution < -0.4 is 0 Å². The largest absolute Gasteiger partial charge is 0.349 e. The van der Waals surface area contributed by atoms with Crippen molar-refractivity contribution in [1.29, 1.82) is 0 Å². The van der Waals surface area contributed by atoms with Gasteiger partial charge in [0, 0.05) is 6.61 Å². The lowest BCUT2D eigenvalue weighted by atomic mass is 10.0. The Balaban J connectivity index is 2.90. The van der Waals surface area contributed by atoms with E-state index in [1.54, 1.807) is 6.08 Å². The molecule has 0 aliphatic carbocycles. The van der Waals surface area contributed by atoms with Crippen molar-refractivity contribution in [2.75, 3.05) is 6.61 Å². The van der Waals surface area contributed by atoms with Crippen molar-refractivity contribution in [3.05, 3.63) is 72.9 Å². The average molecular weight is 272 g/mol. The van der Waals surface area contributed by atoms with Crippen LogP contribution in [0, 0.1) is 0 Å². The first-order valence-corrected chi connectivity index (χ1v) is 6.86. The highest BCUT2D eigenvalue weighted by Crippen LogP contribution is 2.27. The molecular formula is C18H24O2. The third-order valence-corrected chi connectivity index (χ3v) is 2.88. The lowest BCUT2D eigenvalue weighted by Gasteiger charge is -2.25. The molecule has 0 saturated carbocycles. The lowest BCUT2D eigenvalue weighted by molar-refractivity contribution is -0.145. The molecule has 0 saturated heterocycles. The first-order chi connectivity index (χ1) is 9.58. The molecule has 1 aromatic rings. The van der Waals surface area contributed by atoms with Crippen LogP contribution >= 0.6 is 0 Å². The quantitative estimate of drug-likeness (QED) is 0.365. The van der Waals surface area contributed by atoms with Crippen molar-refractivity contribution < 1.29 is 9.47 Å². The van der Waals surface area contributed by atoms with E-state index < -0.39 is 6.29 Å². The van der Waals surface area contributed by atoms with Gasteiger partial charge in [-0.25, -0.2) is 0 Å². The summed E-state index contributed by atoms with van der Waals surface area (Å²) in [5.41, 5.74) is 2.91. The molecule has 0 N–H and O–H groups in total. The molecule has 2 atom stereocenters. The minimum atomic E-state index is -0.470. The van der Waals surface area contributed by atoms with Crippen LogP contribution in [0.15, 0.2) is 67.3 Å². The smallest absolute Gasteiger partial charge is 0.183 e. The van der Waals surface area contributed by atoms with Gasteiger partial charge in [0.2, 0.25) is 0 Å². The molecule has 0 aromatic heterocycles. The monoisotopic (exact) mass is 272 g/mol. The van der Waals surface area contributed by atoms with Gasteiger partial charge < -0.3 is 9.47 Å². The standard InChI is InChI=1S/C18H24O2/c1-6-15(5)18(19-7-2)20-17(13-14(3)4)16-11-9-8-10-12-16/h6,8-12,17-18H,1,3,5,7,13H2,2,4H3/t17-,18+/m0/s1. The summed E-state index contributed by atoms with van der Waals surface area (Å²) < 4.78 is 11.7. The van der Waals surface area contributed by atoms with Gasteiger partial charge >= 0.3 is 0 Å². The first-order valence-electron chi connectivity index (χ1n) is 6.86. The van der Waals surface area contributed by atoms with Gasteiger partial charge in [-0.2, -0.15) is 0 Å². The SMILES string of the molecule is C=CC(=C)[C@H](OCC)O[C@@H](CC(=C)C)c1ccccc1. The van der Waals surface area contributed by atoms with E-state index in [0.717, 1.165) is 23.1 Å². The molecule has 108 valence electrons. The van der Waals surface area contributed by atoms with E-state index >= 15 is 0 Å². The van der Waals surface area contributed by atoms with E-state index in [0.29, 0.717) is 6.61 Å². The molecule has 1 rings (SSSR count). The second kappa shape index (κ2) is 8.51. The van der Waals surface area contributed by atoms with Crippen molar-refractivity contribution >= 4 is 0 Å². The second-order valence-electron chi connectivity index (χ2n) is 4.76. The van der Waals surface area contributed by atoms with Gasteiger partial charge in [-0.05, 0) is 31.4 Å². The van der Waals surface area contributed by atoms with Crippen molar-refractivity contribution in [3.63, 3.8) is 0 Å². The maximum Gasteiger partial charge on any atom is 0.183 e. The number of hydrogen-bond acceptors (Lipinski definition) is 2. The van der Waals surface area contributed by atoms with Gasteiger partial charge in [0.15, 0.2) is 6.29 Å². The third kappa shape index (κ3) is 5.16. The predicted octanol–water partition coefficient (Wildman–Crippen LogP) is 4.82. The van der Waals surface area contributed by atoms with Crippen LogP contribution in [0.2, 0.25) is 0 Å². The minimum absolute atomic E-state index is 0.0954. The Kier molecular flexibility index (Phi) is 6.99. The van der Waals surface area contributed by atoms with E-state index in [2.05, 4.69) is 19.7 Å². The summed E-state index contributed by atoms with van der Waals surface area (Å²) in [4.78, 5) is 0.